The number of anilines is 1. The molecule has 0 bridgehead atoms. The van der Waals surface area contributed by atoms with Crippen LogP contribution in [-0.4, -0.2) is 33.8 Å². The SMILES string of the molecule is CC1CCCCN1c1ccc(-c2nc(-c3ccc(F)c(C(=O)O)c3)no2)cc1C(F)(F)F. The first-order chi connectivity index (χ1) is 15.1. The zero-order chi connectivity index (χ0) is 23.0. The molecule has 1 aliphatic heterocycles. The van der Waals surface area contributed by atoms with E-state index >= 15 is 0 Å². The second-order valence-electron chi connectivity index (χ2n) is 7.69. The maximum Gasteiger partial charge on any atom is 0.418 e. The molecule has 1 N–H and O–H groups in total. The summed E-state index contributed by atoms with van der Waals surface area (Å²) in [6.45, 7) is 2.45. The van der Waals surface area contributed by atoms with Crippen molar-refractivity contribution in [3.8, 4) is 22.8 Å². The van der Waals surface area contributed by atoms with Crippen molar-refractivity contribution < 1.29 is 32.0 Å². The molecule has 0 radical (unpaired) electrons. The van der Waals surface area contributed by atoms with Crippen molar-refractivity contribution in [3.05, 3.63) is 53.3 Å². The average molecular weight is 449 g/mol. The van der Waals surface area contributed by atoms with Crippen LogP contribution in [0.2, 0.25) is 0 Å². The fraction of sp³-hybridized carbons (Fsp3) is 0.318. The number of benzene rings is 2. The molecule has 1 saturated heterocycles. The summed E-state index contributed by atoms with van der Waals surface area (Å²) in [5, 5.41) is 12.8. The number of rotatable bonds is 4. The molecule has 10 heteroatoms. The third kappa shape index (κ3) is 4.17. The zero-order valence-electron chi connectivity index (χ0n) is 17.0. The minimum Gasteiger partial charge on any atom is -0.478 e. The lowest BCUT2D eigenvalue weighted by Gasteiger charge is -2.37. The summed E-state index contributed by atoms with van der Waals surface area (Å²) < 4.78 is 60.4. The van der Waals surface area contributed by atoms with Crippen LogP contribution in [0.25, 0.3) is 22.8 Å². The van der Waals surface area contributed by atoms with Gasteiger partial charge < -0.3 is 14.5 Å². The van der Waals surface area contributed by atoms with Crippen molar-refractivity contribution in [1.82, 2.24) is 10.1 Å². The van der Waals surface area contributed by atoms with Gasteiger partial charge in [-0.1, -0.05) is 5.16 Å². The number of aromatic carboxylic acids is 1. The highest BCUT2D eigenvalue weighted by Gasteiger charge is 2.37. The van der Waals surface area contributed by atoms with Gasteiger partial charge in [-0.05, 0) is 62.6 Å². The third-order valence-corrected chi connectivity index (χ3v) is 5.54. The van der Waals surface area contributed by atoms with E-state index in [4.69, 9.17) is 9.63 Å². The summed E-state index contributed by atoms with van der Waals surface area (Å²) >= 11 is 0. The van der Waals surface area contributed by atoms with Gasteiger partial charge in [-0.25, -0.2) is 9.18 Å². The summed E-state index contributed by atoms with van der Waals surface area (Å²) in [5.41, 5.74) is -1.02. The molecule has 168 valence electrons. The molecule has 0 amide bonds. The van der Waals surface area contributed by atoms with Crippen molar-refractivity contribution in [2.45, 2.75) is 38.4 Å². The Hall–Kier alpha value is -3.43. The molecule has 32 heavy (non-hydrogen) atoms. The standard InChI is InChI=1S/C22H19F4N3O3/c1-12-4-2-3-9-29(12)18-8-6-14(11-16(18)22(24,25)26)20-27-19(28-32-20)13-5-7-17(23)15(10-13)21(30)31/h5-8,10-12H,2-4,9H2,1H3,(H,30,31). The molecule has 1 aliphatic rings. The van der Waals surface area contributed by atoms with Crippen LogP contribution in [0.15, 0.2) is 40.9 Å². The largest absolute Gasteiger partial charge is 0.478 e. The number of alkyl halides is 3. The molecule has 1 fully saturated rings. The normalized spacial score (nSPS) is 16.9. The molecule has 1 unspecified atom stereocenters. The number of carbonyl (C=O) groups is 1. The maximum absolute atomic E-state index is 13.9. The van der Waals surface area contributed by atoms with Gasteiger partial charge in [-0.3, -0.25) is 0 Å². The maximum atomic E-state index is 13.9. The number of aromatic nitrogens is 2. The van der Waals surface area contributed by atoms with Gasteiger partial charge in [0.1, 0.15) is 5.82 Å². The van der Waals surface area contributed by atoms with E-state index in [-0.39, 0.29) is 34.6 Å². The number of halogens is 4. The van der Waals surface area contributed by atoms with E-state index < -0.39 is 29.1 Å². The number of carboxylic acid groups (broad SMARTS) is 1. The van der Waals surface area contributed by atoms with Crippen molar-refractivity contribution >= 4 is 11.7 Å². The Kier molecular flexibility index (Phi) is 5.62. The number of carboxylic acids is 1. The predicted octanol–water partition coefficient (Wildman–Crippen LogP) is 5.64. The predicted molar refractivity (Wildman–Crippen MR) is 108 cm³/mol. The van der Waals surface area contributed by atoms with Crippen molar-refractivity contribution in [1.29, 1.82) is 0 Å². The fourth-order valence-electron chi connectivity index (χ4n) is 3.89. The quantitative estimate of drug-likeness (QED) is 0.520. The first kappa shape index (κ1) is 21.8. The van der Waals surface area contributed by atoms with Crippen LogP contribution in [0.3, 0.4) is 0 Å². The van der Waals surface area contributed by atoms with E-state index in [1.54, 1.807) is 4.90 Å². The van der Waals surface area contributed by atoms with Gasteiger partial charge in [0, 0.05) is 29.4 Å². The molecule has 1 aromatic heterocycles. The molecular formula is C22H19F4N3O3. The average Bonchev–Trinajstić information content (AvgIpc) is 3.23. The first-order valence-corrected chi connectivity index (χ1v) is 10.0. The lowest BCUT2D eigenvalue weighted by molar-refractivity contribution is -0.137. The van der Waals surface area contributed by atoms with E-state index in [1.807, 2.05) is 6.92 Å². The monoisotopic (exact) mass is 449 g/mol. The summed E-state index contributed by atoms with van der Waals surface area (Å²) in [4.78, 5) is 17.0. The van der Waals surface area contributed by atoms with Gasteiger partial charge in [-0.15, -0.1) is 0 Å². The highest BCUT2D eigenvalue weighted by Crippen LogP contribution is 2.41. The van der Waals surface area contributed by atoms with Gasteiger partial charge in [0.25, 0.3) is 5.89 Å². The Morgan fingerprint density at radius 1 is 1.16 bits per heavy atom. The van der Waals surface area contributed by atoms with Crippen LogP contribution < -0.4 is 4.90 Å². The number of nitrogens with zero attached hydrogens (tertiary/aromatic N) is 3. The number of piperidine rings is 1. The molecule has 4 rings (SSSR count). The van der Waals surface area contributed by atoms with E-state index in [9.17, 15) is 22.4 Å². The smallest absolute Gasteiger partial charge is 0.418 e. The zero-order valence-corrected chi connectivity index (χ0v) is 17.0. The second-order valence-corrected chi connectivity index (χ2v) is 7.69. The van der Waals surface area contributed by atoms with Gasteiger partial charge in [0.05, 0.1) is 11.1 Å². The van der Waals surface area contributed by atoms with E-state index in [1.165, 1.54) is 18.2 Å². The van der Waals surface area contributed by atoms with Gasteiger partial charge in [-0.2, -0.15) is 18.2 Å². The summed E-state index contributed by atoms with van der Waals surface area (Å²) in [5.74, 6) is -2.62. The Bertz CT molecular complexity index is 1160. The van der Waals surface area contributed by atoms with Gasteiger partial charge in [0.2, 0.25) is 5.82 Å². The lowest BCUT2D eigenvalue weighted by atomic mass is 9.99. The molecular weight excluding hydrogens is 430 g/mol. The summed E-state index contributed by atoms with van der Waals surface area (Å²) in [6.07, 6.45) is -1.96. The fourth-order valence-corrected chi connectivity index (χ4v) is 3.89. The van der Waals surface area contributed by atoms with Crippen molar-refractivity contribution in [2.24, 2.45) is 0 Å². The molecule has 0 spiro atoms. The molecule has 0 aliphatic carbocycles. The third-order valence-electron chi connectivity index (χ3n) is 5.54. The Morgan fingerprint density at radius 3 is 2.59 bits per heavy atom. The number of hydrogen-bond donors (Lipinski definition) is 1. The highest BCUT2D eigenvalue weighted by molar-refractivity contribution is 5.89. The molecule has 6 nitrogen and oxygen atoms in total. The number of hydrogen-bond acceptors (Lipinski definition) is 5. The Labute approximate surface area is 180 Å². The van der Waals surface area contributed by atoms with Crippen molar-refractivity contribution in [3.63, 3.8) is 0 Å². The van der Waals surface area contributed by atoms with Crippen LogP contribution in [0.5, 0.6) is 0 Å². The van der Waals surface area contributed by atoms with Crippen LogP contribution >= 0.6 is 0 Å². The molecule has 0 saturated carbocycles. The molecule has 2 aromatic carbocycles. The van der Waals surface area contributed by atoms with Crippen molar-refractivity contribution in [2.75, 3.05) is 11.4 Å². The molecule has 1 atom stereocenters. The van der Waals surface area contributed by atoms with Crippen LogP contribution in [0.4, 0.5) is 23.2 Å². The Morgan fingerprint density at radius 2 is 1.91 bits per heavy atom. The first-order valence-electron chi connectivity index (χ1n) is 10.0. The summed E-state index contributed by atoms with van der Waals surface area (Å²) in [6, 6.07) is 7.10. The second kappa shape index (κ2) is 8.25. The van der Waals surface area contributed by atoms with Gasteiger partial charge in [0.15, 0.2) is 0 Å². The summed E-state index contributed by atoms with van der Waals surface area (Å²) in [7, 11) is 0. The van der Waals surface area contributed by atoms with E-state index in [0.29, 0.717) is 6.54 Å². The minimum absolute atomic E-state index is 0.00684. The van der Waals surface area contributed by atoms with Crippen LogP contribution in [0, 0.1) is 5.82 Å². The highest BCUT2D eigenvalue weighted by atomic mass is 19.4. The van der Waals surface area contributed by atoms with E-state index in [2.05, 4.69) is 10.1 Å². The van der Waals surface area contributed by atoms with Crippen LogP contribution in [-0.2, 0) is 6.18 Å². The van der Waals surface area contributed by atoms with E-state index in [0.717, 1.165) is 37.5 Å². The van der Waals surface area contributed by atoms with Gasteiger partial charge >= 0.3 is 12.1 Å². The Balaban J connectivity index is 1.72. The minimum atomic E-state index is -4.58. The molecule has 3 aromatic rings. The van der Waals surface area contributed by atoms with Crippen LogP contribution in [0.1, 0.15) is 42.1 Å². The topological polar surface area (TPSA) is 79.5 Å². The molecule has 2 heterocycles. The lowest BCUT2D eigenvalue weighted by Crippen LogP contribution is -2.38.